The van der Waals surface area contributed by atoms with Gasteiger partial charge in [0.1, 0.15) is 11.4 Å². The van der Waals surface area contributed by atoms with Crippen LogP contribution in [0.1, 0.15) is 0 Å². The Balaban J connectivity index is 1.86. The van der Waals surface area contributed by atoms with E-state index in [9.17, 15) is 10.1 Å². The van der Waals surface area contributed by atoms with Crippen molar-refractivity contribution in [1.29, 1.82) is 0 Å². The quantitative estimate of drug-likeness (QED) is 0.436. The summed E-state index contributed by atoms with van der Waals surface area (Å²) in [7, 11) is 1.62. The number of nitrogens with zero attached hydrogens (tertiary/aromatic N) is 4. The van der Waals surface area contributed by atoms with Crippen LogP contribution in [0.5, 0.6) is 5.75 Å². The molecule has 25 heavy (non-hydrogen) atoms. The Morgan fingerprint density at radius 3 is 2.80 bits per heavy atom. The summed E-state index contributed by atoms with van der Waals surface area (Å²) in [6.45, 7) is 0. The molecule has 0 atom stereocenters. The van der Waals surface area contributed by atoms with Crippen molar-refractivity contribution in [2.45, 2.75) is 0 Å². The van der Waals surface area contributed by atoms with Crippen LogP contribution in [0, 0.1) is 10.1 Å². The number of methoxy groups -OCH3 is 1. The van der Waals surface area contributed by atoms with Gasteiger partial charge >= 0.3 is 5.95 Å². The second kappa shape index (κ2) is 5.71. The minimum absolute atomic E-state index is 0.285. The first kappa shape index (κ1) is 14.8. The number of hydrogen-bond donors (Lipinski definition) is 2. The maximum Gasteiger partial charge on any atom is 0.456 e. The fraction of sp³-hybridized carbons (Fsp3) is 0.0625. The lowest BCUT2D eigenvalue weighted by atomic mass is 10.0. The lowest BCUT2D eigenvalue weighted by molar-refractivity contribution is -0.394. The molecule has 0 aliphatic carbocycles. The van der Waals surface area contributed by atoms with Crippen molar-refractivity contribution in [2.75, 3.05) is 7.11 Å². The molecule has 0 amide bonds. The standard InChI is InChI=1S/C16H12N6O3/c1-25-13-5-3-2-4-10(13)12-8-18-15-11(12)6-9(7-17-15)14-19-16(21-20-14)22(23)24/h2-8H,1H3,(H,17,18)(H,19,20,21). The van der Waals surface area contributed by atoms with Crippen LogP contribution in [-0.4, -0.2) is 37.2 Å². The summed E-state index contributed by atoms with van der Waals surface area (Å²) in [6, 6.07) is 9.51. The van der Waals surface area contributed by atoms with E-state index < -0.39 is 10.9 Å². The highest BCUT2D eigenvalue weighted by molar-refractivity contribution is 5.96. The van der Waals surface area contributed by atoms with E-state index in [1.54, 1.807) is 13.3 Å². The van der Waals surface area contributed by atoms with E-state index in [2.05, 4.69) is 25.1 Å². The molecule has 1 aromatic carbocycles. The molecule has 4 rings (SSSR count). The molecule has 3 heterocycles. The van der Waals surface area contributed by atoms with Gasteiger partial charge < -0.3 is 19.8 Å². The first-order valence-corrected chi connectivity index (χ1v) is 7.35. The molecule has 0 saturated carbocycles. The summed E-state index contributed by atoms with van der Waals surface area (Å²) in [4.78, 5) is 20.2. The summed E-state index contributed by atoms with van der Waals surface area (Å²) in [5.41, 5.74) is 3.12. The van der Waals surface area contributed by atoms with E-state index in [0.717, 1.165) is 22.3 Å². The number of para-hydroxylation sites is 1. The molecule has 9 heteroatoms. The Hall–Kier alpha value is -3.75. The van der Waals surface area contributed by atoms with Crippen molar-refractivity contribution in [1.82, 2.24) is 25.1 Å². The van der Waals surface area contributed by atoms with Crippen LogP contribution in [0.4, 0.5) is 5.95 Å². The number of nitrogens with one attached hydrogen (secondary N) is 2. The summed E-state index contributed by atoms with van der Waals surface area (Å²) in [5.74, 6) is 0.617. The number of aromatic nitrogens is 5. The molecule has 124 valence electrons. The molecule has 0 fully saturated rings. The molecule has 0 saturated heterocycles. The van der Waals surface area contributed by atoms with Crippen LogP contribution in [-0.2, 0) is 0 Å². The van der Waals surface area contributed by atoms with Gasteiger partial charge in [-0.1, -0.05) is 18.2 Å². The third kappa shape index (κ3) is 2.47. The number of hydrogen-bond acceptors (Lipinski definition) is 6. The molecule has 0 aliphatic heterocycles. The van der Waals surface area contributed by atoms with E-state index >= 15 is 0 Å². The molecule has 0 aliphatic rings. The summed E-state index contributed by atoms with van der Waals surface area (Å²) >= 11 is 0. The number of ether oxygens (including phenoxy) is 1. The number of pyridine rings is 1. The van der Waals surface area contributed by atoms with Crippen LogP contribution < -0.4 is 4.74 Å². The Morgan fingerprint density at radius 1 is 1.20 bits per heavy atom. The molecule has 3 aromatic heterocycles. The zero-order valence-corrected chi connectivity index (χ0v) is 13.1. The second-order valence-corrected chi connectivity index (χ2v) is 5.28. The summed E-state index contributed by atoms with van der Waals surface area (Å²) in [5, 5.41) is 18.9. The predicted octanol–water partition coefficient (Wildman–Crippen LogP) is 2.93. The number of aromatic amines is 2. The fourth-order valence-corrected chi connectivity index (χ4v) is 2.69. The van der Waals surface area contributed by atoms with Gasteiger partial charge in [-0.05, 0) is 22.2 Å². The molecule has 2 N–H and O–H groups in total. The highest BCUT2D eigenvalue weighted by atomic mass is 16.6. The molecule has 0 radical (unpaired) electrons. The Kier molecular flexibility index (Phi) is 3.38. The zero-order chi connectivity index (χ0) is 17.4. The SMILES string of the molecule is COc1ccccc1-c1c[nH]c2ncc(-c3nnc([N+](=O)[O-])[nH]3)cc12. The molecule has 9 nitrogen and oxygen atoms in total. The largest absolute Gasteiger partial charge is 0.496 e. The van der Waals surface area contributed by atoms with Gasteiger partial charge in [-0.15, -0.1) is 0 Å². The number of fused-ring (bicyclic) bond motifs is 1. The number of rotatable bonds is 4. The molecule has 4 aromatic rings. The van der Waals surface area contributed by atoms with Crippen molar-refractivity contribution in [3.63, 3.8) is 0 Å². The maximum atomic E-state index is 10.8. The van der Waals surface area contributed by atoms with Gasteiger partial charge in [0.05, 0.1) is 17.8 Å². The molecular formula is C16H12N6O3. The van der Waals surface area contributed by atoms with E-state index in [1.807, 2.05) is 36.5 Å². The van der Waals surface area contributed by atoms with Crippen molar-refractivity contribution < 1.29 is 9.66 Å². The zero-order valence-electron chi connectivity index (χ0n) is 13.1. The topological polar surface area (TPSA) is 123 Å². The lowest BCUT2D eigenvalue weighted by Crippen LogP contribution is -1.89. The van der Waals surface area contributed by atoms with Crippen LogP contribution in [0.15, 0.2) is 42.7 Å². The average molecular weight is 336 g/mol. The van der Waals surface area contributed by atoms with E-state index in [4.69, 9.17) is 4.74 Å². The monoisotopic (exact) mass is 336 g/mol. The second-order valence-electron chi connectivity index (χ2n) is 5.28. The van der Waals surface area contributed by atoms with Gasteiger partial charge in [0.2, 0.25) is 5.82 Å². The normalized spacial score (nSPS) is 10.9. The molecule has 0 bridgehead atoms. The third-order valence-corrected chi connectivity index (χ3v) is 3.85. The Labute approximate surface area is 140 Å². The van der Waals surface area contributed by atoms with Crippen LogP contribution in [0.2, 0.25) is 0 Å². The smallest absolute Gasteiger partial charge is 0.456 e. The van der Waals surface area contributed by atoms with Crippen LogP contribution in [0.25, 0.3) is 33.5 Å². The summed E-state index contributed by atoms with van der Waals surface area (Å²) < 4.78 is 5.42. The average Bonchev–Trinajstić information content (AvgIpc) is 3.28. The minimum Gasteiger partial charge on any atom is -0.496 e. The summed E-state index contributed by atoms with van der Waals surface area (Å²) in [6.07, 6.45) is 3.43. The molecular weight excluding hydrogens is 324 g/mol. The van der Waals surface area contributed by atoms with Crippen molar-refractivity contribution in [3.8, 4) is 28.3 Å². The van der Waals surface area contributed by atoms with Gasteiger partial charge in [0.15, 0.2) is 0 Å². The van der Waals surface area contributed by atoms with Crippen LogP contribution in [0.3, 0.4) is 0 Å². The first-order valence-electron chi connectivity index (χ1n) is 7.35. The lowest BCUT2D eigenvalue weighted by Gasteiger charge is -2.07. The van der Waals surface area contributed by atoms with Gasteiger partial charge in [0, 0.05) is 28.9 Å². The highest BCUT2D eigenvalue weighted by Gasteiger charge is 2.17. The van der Waals surface area contributed by atoms with Gasteiger partial charge in [0.25, 0.3) is 0 Å². The number of benzene rings is 1. The first-order chi connectivity index (χ1) is 12.2. The van der Waals surface area contributed by atoms with Gasteiger partial charge in [-0.3, -0.25) is 0 Å². The van der Waals surface area contributed by atoms with Crippen molar-refractivity contribution >= 4 is 17.0 Å². The molecule has 0 spiro atoms. The van der Waals surface area contributed by atoms with Crippen LogP contribution >= 0.6 is 0 Å². The minimum atomic E-state index is -0.626. The van der Waals surface area contributed by atoms with E-state index in [-0.39, 0.29) is 5.82 Å². The number of nitro groups is 1. The van der Waals surface area contributed by atoms with E-state index in [0.29, 0.717) is 11.2 Å². The predicted molar refractivity (Wildman–Crippen MR) is 90.1 cm³/mol. The molecule has 0 unspecified atom stereocenters. The third-order valence-electron chi connectivity index (χ3n) is 3.85. The van der Waals surface area contributed by atoms with Gasteiger partial charge in [-0.2, -0.15) is 0 Å². The fourth-order valence-electron chi connectivity index (χ4n) is 2.69. The Bertz CT molecular complexity index is 1080. The van der Waals surface area contributed by atoms with E-state index in [1.165, 1.54) is 0 Å². The van der Waals surface area contributed by atoms with Crippen molar-refractivity contribution in [2.24, 2.45) is 0 Å². The highest BCUT2D eigenvalue weighted by Crippen LogP contribution is 2.35. The van der Waals surface area contributed by atoms with Crippen molar-refractivity contribution in [3.05, 3.63) is 52.8 Å². The Morgan fingerprint density at radius 2 is 2.04 bits per heavy atom. The van der Waals surface area contributed by atoms with Gasteiger partial charge in [-0.25, -0.2) is 9.97 Å². The number of H-pyrrole nitrogens is 2. The maximum absolute atomic E-state index is 10.8.